The van der Waals surface area contributed by atoms with Crippen LogP contribution >= 0.6 is 11.8 Å². The molecule has 0 aliphatic heterocycles. The second kappa shape index (κ2) is 12.5. The van der Waals surface area contributed by atoms with Gasteiger partial charge in [-0.2, -0.15) is 0 Å². The fourth-order valence-electron chi connectivity index (χ4n) is 4.09. The van der Waals surface area contributed by atoms with Crippen molar-refractivity contribution in [3.05, 3.63) is 95.1 Å². The fourth-order valence-corrected chi connectivity index (χ4v) is 4.99. The summed E-state index contributed by atoms with van der Waals surface area (Å²) in [6.45, 7) is 0. The van der Waals surface area contributed by atoms with Crippen LogP contribution in [0.4, 0.5) is 4.39 Å². The van der Waals surface area contributed by atoms with Crippen LogP contribution in [-0.4, -0.2) is 42.0 Å². The van der Waals surface area contributed by atoms with Gasteiger partial charge >= 0.3 is 0 Å². The van der Waals surface area contributed by atoms with E-state index in [9.17, 15) is 9.18 Å². The zero-order chi connectivity index (χ0) is 27.1. The molecule has 1 N–H and O–H groups in total. The minimum atomic E-state index is -0.511. The van der Waals surface area contributed by atoms with Crippen LogP contribution < -0.4 is 19.5 Å². The van der Waals surface area contributed by atoms with E-state index in [1.807, 2.05) is 41.9 Å². The molecule has 198 valence electrons. The van der Waals surface area contributed by atoms with E-state index in [1.54, 1.807) is 30.3 Å². The van der Waals surface area contributed by atoms with Gasteiger partial charge in [-0.1, -0.05) is 60.3 Å². The highest BCUT2D eigenvalue weighted by Crippen LogP contribution is 2.40. The molecular formula is C28H29FN4O4S. The molecule has 0 aliphatic carbocycles. The number of methoxy groups -OCH3 is 3. The largest absolute Gasteiger partial charge is 0.493 e. The molecule has 4 rings (SSSR count). The average molecular weight is 537 g/mol. The highest BCUT2D eigenvalue weighted by molar-refractivity contribution is 7.98. The maximum Gasteiger partial charge on any atom is 0.255 e. The van der Waals surface area contributed by atoms with Gasteiger partial charge in [-0.3, -0.25) is 4.79 Å². The summed E-state index contributed by atoms with van der Waals surface area (Å²) in [5.74, 6) is 1.38. The Bertz CT molecular complexity index is 1400. The smallest absolute Gasteiger partial charge is 0.255 e. The van der Waals surface area contributed by atoms with Crippen molar-refractivity contribution in [2.75, 3.05) is 21.3 Å². The molecule has 0 radical (unpaired) electrons. The number of nitrogens with zero attached hydrogens (tertiary/aromatic N) is 3. The second-order valence-electron chi connectivity index (χ2n) is 8.38. The van der Waals surface area contributed by atoms with Gasteiger partial charge in [0, 0.05) is 12.8 Å². The number of amides is 1. The van der Waals surface area contributed by atoms with Crippen LogP contribution in [0.3, 0.4) is 0 Å². The third kappa shape index (κ3) is 5.91. The highest BCUT2D eigenvalue weighted by Gasteiger charge is 2.26. The zero-order valence-electron chi connectivity index (χ0n) is 21.6. The Labute approximate surface area is 225 Å². The third-order valence-electron chi connectivity index (χ3n) is 6.03. The molecule has 0 unspecified atom stereocenters. The van der Waals surface area contributed by atoms with E-state index in [2.05, 4.69) is 15.5 Å². The summed E-state index contributed by atoms with van der Waals surface area (Å²) >= 11 is 1.38. The molecule has 10 heteroatoms. The normalized spacial score (nSPS) is 11.6. The monoisotopic (exact) mass is 536 g/mol. The highest BCUT2D eigenvalue weighted by atomic mass is 32.2. The first-order chi connectivity index (χ1) is 18.5. The number of ether oxygens (including phenoxy) is 3. The number of carbonyl (C=O) groups is 1. The molecule has 1 aromatic heterocycles. The summed E-state index contributed by atoms with van der Waals surface area (Å²) in [5, 5.41) is 12.4. The molecule has 0 aliphatic rings. The molecule has 0 fully saturated rings. The van der Waals surface area contributed by atoms with Gasteiger partial charge in [0.25, 0.3) is 5.91 Å². The maximum absolute atomic E-state index is 14.1. The molecule has 38 heavy (non-hydrogen) atoms. The van der Waals surface area contributed by atoms with E-state index >= 15 is 0 Å². The molecule has 1 heterocycles. The molecule has 4 aromatic rings. The van der Waals surface area contributed by atoms with Crippen LogP contribution in [0, 0.1) is 5.82 Å². The molecule has 0 bridgehead atoms. The van der Waals surface area contributed by atoms with Crippen molar-refractivity contribution < 1.29 is 23.4 Å². The van der Waals surface area contributed by atoms with Crippen LogP contribution in [0.15, 0.2) is 71.9 Å². The predicted octanol–water partition coefficient (Wildman–Crippen LogP) is 4.99. The lowest BCUT2D eigenvalue weighted by Gasteiger charge is -2.20. The van der Waals surface area contributed by atoms with E-state index in [-0.39, 0.29) is 17.5 Å². The molecule has 0 saturated heterocycles. The number of hydrogen-bond donors (Lipinski definition) is 1. The van der Waals surface area contributed by atoms with Crippen LogP contribution in [0.1, 0.15) is 33.4 Å². The van der Waals surface area contributed by atoms with Crippen LogP contribution in [0.25, 0.3) is 0 Å². The lowest BCUT2D eigenvalue weighted by atomic mass is 10.0. The maximum atomic E-state index is 14.1. The van der Waals surface area contributed by atoms with Gasteiger partial charge in [0.1, 0.15) is 5.82 Å². The van der Waals surface area contributed by atoms with Gasteiger partial charge in [0.15, 0.2) is 22.5 Å². The SMILES string of the molecule is COc1ccc(C(=O)N[C@H](Cc2ccccc2)c2nnc(SCc3ccccc3F)n2C)c(OC)c1OC. The molecular weight excluding hydrogens is 507 g/mol. The van der Waals surface area contributed by atoms with E-state index < -0.39 is 6.04 Å². The zero-order valence-corrected chi connectivity index (χ0v) is 22.4. The van der Waals surface area contributed by atoms with E-state index in [4.69, 9.17) is 14.2 Å². The van der Waals surface area contributed by atoms with Gasteiger partial charge in [0.05, 0.1) is 32.9 Å². The minimum absolute atomic E-state index is 0.263. The molecule has 0 spiro atoms. The van der Waals surface area contributed by atoms with Crippen molar-refractivity contribution >= 4 is 17.7 Å². The van der Waals surface area contributed by atoms with E-state index in [0.29, 0.717) is 45.8 Å². The van der Waals surface area contributed by atoms with Gasteiger partial charge in [-0.25, -0.2) is 4.39 Å². The molecule has 8 nitrogen and oxygen atoms in total. The number of halogens is 1. The summed E-state index contributed by atoms with van der Waals surface area (Å²) < 4.78 is 32.2. The summed E-state index contributed by atoms with van der Waals surface area (Å²) in [6.07, 6.45) is 0.478. The number of rotatable bonds is 11. The first kappa shape index (κ1) is 27.0. The van der Waals surface area contributed by atoms with E-state index in [1.165, 1.54) is 39.2 Å². The fraction of sp³-hybridized carbons (Fsp3) is 0.250. The third-order valence-corrected chi connectivity index (χ3v) is 7.10. The summed E-state index contributed by atoms with van der Waals surface area (Å²) in [6, 6.07) is 19.2. The quantitative estimate of drug-likeness (QED) is 0.270. The average Bonchev–Trinajstić information content (AvgIpc) is 3.31. The Morgan fingerprint density at radius 2 is 1.66 bits per heavy atom. The number of thioether (sulfide) groups is 1. The number of benzene rings is 3. The summed E-state index contributed by atoms with van der Waals surface area (Å²) in [7, 11) is 6.31. The van der Waals surface area contributed by atoms with Crippen molar-refractivity contribution in [1.29, 1.82) is 0 Å². The number of hydrogen-bond acceptors (Lipinski definition) is 7. The van der Waals surface area contributed by atoms with E-state index in [0.717, 1.165) is 5.56 Å². The second-order valence-corrected chi connectivity index (χ2v) is 9.32. The number of aromatic nitrogens is 3. The molecule has 1 amide bonds. The van der Waals surface area contributed by atoms with Gasteiger partial charge in [-0.15, -0.1) is 10.2 Å². The summed E-state index contributed by atoms with van der Waals surface area (Å²) in [4.78, 5) is 13.5. The van der Waals surface area contributed by atoms with Crippen molar-refractivity contribution in [3.63, 3.8) is 0 Å². The minimum Gasteiger partial charge on any atom is -0.493 e. The standard InChI is InChI=1S/C28H29FN4O4S/c1-33-26(31-32-28(33)38-17-19-12-8-9-13-21(19)29)22(16-18-10-6-5-7-11-18)30-27(34)20-14-15-23(35-2)25(37-4)24(20)36-3/h5-15,22H,16-17H2,1-4H3,(H,30,34)/t22-/m1/s1. The van der Waals surface area contributed by atoms with Crippen LogP contribution in [0.2, 0.25) is 0 Å². The predicted molar refractivity (Wildman–Crippen MR) is 143 cm³/mol. The molecule has 0 saturated carbocycles. The van der Waals surface area contributed by atoms with Crippen LogP contribution in [-0.2, 0) is 19.2 Å². The summed E-state index contributed by atoms with van der Waals surface area (Å²) in [5.41, 5.74) is 1.89. The Balaban J connectivity index is 1.63. The Morgan fingerprint density at radius 3 is 2.34 bits per heavy atom. The Morgan fingerprint density at radius 1 is 0.947 bits per heavy atom. The van der Waals surface area contributed by atoms with Crippen LogP contribution in [0.5, 0.6) is 17.2 Å². The number of nitrogens with one attached hydrogen (secondary N) is 1. The van der Waals surface area contributed by atoms with Gasteiger partial charge in [0.2, 0.25) is 5.75 Å². The van der Waals surface area contributed by atoms with Gasteiger partial charge in [-0.05, 0) is 35.7 Å². The number of carbonyl (C=O) groups excluding carboxylic acids is 1. The first-order valence-corrected chi connectivity index (χ1v) is 12.8. The molecule has 3 aromatic carbocycles. The van der Waals surface area contributed by atoms with Crippen molar-refractivity contribution in [1.82, 2.24) is 20.1 Å². The Hall–Kier alpha value is -4.05. The van der Waals surface area contributed by atoms with Crippen molar-refractivity contribution in [2.24, 2.45) is 7.05 Å². The lowest BCUT2D eigenvalue weighted by molar-refractivity contribution is 0.0930. The first-order valence-electron chi connectivity index (χ1n) is 11.9. The lowest BCUT2D eigenvalue weighted by Crippen LogP contribution is -2.32. The van der Waals surface area contributed by atoms with Gasteiger partial charge < -0.3 is 24.1 Å². The van der Waals surface area contributed by atoms with Crippen molar-refractivity contribution in [2.45, 2.75) is 23.4 Å². The topological polar surface area (TPSA) is 87.5 Å². The molecule has 1 atom stereocenters. The van der Waals surface area contributed by atoms with Crippen molar-refractivity contribution in [3.8, 4) is 17.2 Å². The Kier molecular flexibility index (Phi) is 8.85.